The highest BCUT2D eigenvalue weighted by Gasteiger charge is 2.17. The fourth-order valence-electron chi connectivity index (χ4n) is 4.17. The van der Waals surface area contributed by atoms with Crippen LogP contribution in [0.2, 0.25) is 0 Å². The van der Waals surface area contributed by atoms with Crippen molar-refractivity contribution in [2.45, 2.75) is 25.8 Å². The molecule has 0 aliphatic carbocycles. The maximum absolute atomic E-state index is 12.6. The number of amides is 1. The molecule has 0 unspecified atom stereocenters. The number of aromatic nitrogens is 4. The largest absolute Gasteiger partial charge is 0.381 e. The van der Waals surface area contributed by atoms with Crippen molar-refractivity contribution in [3.05, 3.63) is 78.2 Å². The lowest BCUT2D eigenvalue weighted by Crippen LogP contribution is -2.38. The quantitative estimate of drug-likeness (QED) is 0.418. The summed E-state index contributed by atoms with van der Waals surface area (Å²) in [5.74, 6) is 1.19. The van der Waals surface area contributed by atoms with Crippen LogP contribution < -0.4 is 10.6 Å². The molecule has 5 rings (SSSR count). The molecule has 36 heavy (non-hydrogen) atoms. The lowest BCUT2D eigenvalue weighted by atomic mass is 10.0. The van der Waals surface area contributed by atoms with Crippen LogP contribution in [0.15, 0.2) is 67.0 Å². The zero-order valence-electron chi connectivity index (χ0n) is 20.4. The van der Waals surface area contributed by atoms with Gasteiger partial charge in [-0.15, -0.1) is 0 Å². The van der Waals surface area contributed by atoms with E-state index >= 15 is 0 Å². The Morgan fingerprint density at radius 3 is 2.42 bits per heavy atom. The Bertz CT molecular complexity index is 1370. The number of aryl methyl sites for hydroxylation is 1. The number of hydrogen-bond donors (Lipinski definition) is 2. The summed E-state index contributed by atoms with van der Waals surface area (Å²) in [7, 11) is 1.83. The normalized spacial score (nSPS) is 13.8. The lowest BCUT2D eigenvalue weighted by molar-refractivity contribution is 0.0696. The van der Waals surface area contributed by atoms with Crippen molar-refractivity contribution in [1.29, 1.82) is 0 Å². The van der Waals surface area contributed by atoms with Gasteiger partial charge in [-0.05, 0) is 55.7 Å². The van der Waals surface area contributed by atoms with E-state index in [0.29, 0.717) is 36.1 Å². The van der Waals surface area contributed by atoms with Crippen LogP contribution in [0.4, 0.5) is 5.82 Å². The van der Waals surface area contributed by atoms with Crippen LogP contribution in [0.1, 0.15) is 28.9 Å². The Morgan fingerprint density at radius 1 is 0.889 bits per heavy atom. The van der Waals surface area contributed by atoms with E-state index in [1.54, 1.807) is 6.20 Å². The second-order valence-electron chi connectivity index (χ2n) is 8.78. The Kier molecular flexibility index (Phi) is 6.95. The molecule has 0 radical (unpaired) electrons. The molecule has 0 spiro atoms. The number of carbonyl (C=O) groups excluding carboxylic acids is 1. The van der Waals surface area contributed by atoms with Crippen LogP contribution in [0.25, 0.3) is 33.9 Å². The highest BCUT2D eigenvalue weighted by atomic mass is 16.5. The number of ether oxygens (including phenoxy) is 1. The summed E-state index contributed by atoms with van der Waals surface area (Å²) in [4.78, 5) is 31.0. The van der Waals surface area contributed by atoms with Crippen molar-refractivity contribution in [1.82, 2.24) is 25.3 Å². The van der Waals surface area contributed by atoms with E-state index in [1.807, 2.05) is 74.8 Å². The zero-order valence-corrected chi connectivity index (χ0v) is 20.4. The first-order chi connectivity index (χ1) is 17.6. The van der Waals surface area contributed by atoms with Crippen LogP contribution >= 0.6 is 0 Å². The fourth-order valence-corrected chi connectivity index (χ4v) is 4.17. The minimum atomic E-state index is -0.0572. The average Bonchev–Trinajstić information content (AvgIpc) is 2.93. The van der Waals surface area contributed by atoms with Crippen molar-refractivity contribution >= 4 is 11.7 Å². The maximum atomic E-state index is 12.6. The third kappa shape index (κ3) is 5.39. The van der Waals surface area contributed by atoms with Crippen molar-refractivity contribution in [2.24, 2.45) is 0 Å². The molecule has 4 heterocycles. The first-order valence-electron chi connectivity index (χ1n) is 12.0. The Hall–Kier alpha value is -4.17. The minimum Gasteiger partial charge on any atom is -0.381 e. The second kappa shape index (κ2) is 10.6. The summed E-state index contributed by atoms with van der Waals surface area (Å²) in [5.41, 5.74) is 5.77. The fraction of sp³-hybridized carbons (Fsp3) is 0.250. The summed E-state index contributed by atoms with van der Waals surface area (Å²) < 4.78 is 5.37. The smallest absolute Gasteiger partial charge is 0.251 e. The first-order valence-corrected chi connectivity index (χ1v) is 12.0. The van der Waals surface area contributed by atoms with E-state index in [0.717, 1.165) is 40.9 Å². The molecule has 182 valence electrons. The number of nitrogens with zero attached hydrogens (tertiary/aromatic N) is 4. The van der Waals surface area contributed by atoms with E-state index < -0.39 is 0 Å². The molecule has 4 aromatic rings. The molecule has 1 aliphatic rings. The van der Waals surface area contributed by atoms with Gasteiger partial charge in [-0.2, -0.15) is 0 Å². The highest BCUT2D eigenvalue weighted by Crippen LogP contribution is 2.27. The van der Waals surface area contributed by atoms with Crippen LogP contribution in [0.5, 0.6) is 0 Å². The molecule has 2 N–H and O–H groups in total. The molecule has 3 aromatic heterocycles. The van der Waals surface area contributed by atoms with Crippen molar-refractivity contribution in [3.63, 3.8) is 0 Å². The molecule has 0 saturated carbocycles. The third-order valence-electron chi connectivity index (χ3n) is 6.17. The second-order valence-corrected chi connectivity index (χ2v) is 8.78. The van der Waals surface area contributed by atoms with E-state index in [-0.39, 0.29) is 11.9 Å². The standard InChI is InChI=1S/C28H28N6O2/c1-18-4-3-5-24(31-18)27-33-25(15-26(29-2)34-27)22-14-21(16-30-17-22)19-6-8-20(9-7-19)28(35)32-23-10-12-36-13-11-23/h3-9,14-17,23H,10-13H2,1-2H3,(H,32,35)(H,29,33,34). The van der Waals surface area contributed by atoms with E-state index in [4.69, 9.17) is 9.72 Å². The zero-order chi connectivity index (χ0) is 24.9. The molecule has 1 amide bonds. The molecule has 0 bridgehead atoms. The molecule has 8 nitrogen and oxygen atoms in total. The van der Waals surface area contributed by atoms with Gasteiger partial charge in [0.2, 0.25) is 0 Å². The van der Waals surface area contributed by atoms with E-state index in [9.17, 15) is 4.79 Å². The van der Waals surface area contributed by atoms with Crippen LogP contribution in [-0.2, 0) is 4.74 Å². The van der Waals surface area contributed by atoms with E-state index in [2.05, 4.69) is 25.6 Å². The molecule has 1 saturated heterocycles. The first kappa shape index (κ1) is 23.6. The SMILES string of the molecule is CNc1cc(-c2cncc(-c3ccc(C(=O)NC4CCOCC4)cc3)c2)nc(-c2cccc(C)n2)n1. The monoisotopic (exact) mass is 480 g/mol. The molecular weight excluding hydrogens is 452 g/mol. The summed E-state index contributed by atoms with van der Waals surface area (Å²) in [5, 5.41) is 6.21. The average molecular weight is 481 g/mol. The number of nitrogens with one attached hydrogen (secondary N) is 2. The van der Waals surface area contributed by atoms with Gasteiger partial charge in [0.05, 0.1) is 5.69 Å². The molecule has 8 heteroatoms. The van der Waals surface area contributed by atoms with Crippen molar-refractivity contribution < 1.29 is 9.53 Å². The number of hydrogen-bond acceptors (Lipinski definition) is 7. The minimum absolute atomic E-state index is 0.0572. The number of anilines is 1. The Balaban J connectivity index is 1.40. The lowest BCUT2D eigenvalue weighted by Gasteiger charge is -2.23. The van der Waals surface area contributed by atoms with Gasteiger partial charge in [0.1, 0.15) is 11.5 Å². The van der Waals surface area contributed by atoms with E-state index in [1.165, 1.54) is 0 Å². The number of carbonyl (C=O) groups is 1. The third-order valence-corrected chi connectivity index (χ3v) is 6.17. The highest BCUT2D eigenvalue weighted by molar-refractivity contribution is 5.95. The summed E-state index contributed by atoms with van der Waals surface area (Å²) in [6, 6.07) is 17.5. The predicted molar refractivity (Wildman–Crippen MR) is 140 cm³/mol. The van der Waals surface area contributed by atoms with Gasteiger partial charge < -0.3 is 15.4 Å². The van der Waals surface area contributed by atoms with Crippen LogP contribution in [-0.4, -0.2) is 52.1 Å². The van der Waals surface area contributed by atoms with Gasteiger partial charge in [-0.3, -0.25) is 9.78 Å². The molecule has 0 atom stereocenters. The predicted octanol–water partition coefficient (Wildman–Crippen LogP) is 4.53. The molecule has 1 aromatic carbocycles. The number of pyridine rings is 2. The number of benzene rings is 1. The number of rotatable bonds is 6. The Morgan fingerprint density at radius 2 is 1.67 bits per heavy atom. The van der Waals surface area contributed by atoms with Crippen LogP contribution in [0.3, 0.4) is 0 Å². The van der Waals surface area contributed by atoms with Gasteiger partial charge in [-0.1, -0.05) is 18.2 Å². The van der Waals surface area contributed by atoms with Gasteiger partial charge in [0, 0.05) is 67.1 Å². The van der Waals surface area contributed by atoms with Crippen molar-refractivity contribution in [3.8, 4) is 33.9 Å². The summed E-state index contributed by atoms with van der Waals surface area (Å²) in [6.07, 6.45) is 5.29. The van der Waals surface area contributed by atoms with Gasteiger partial charge in [-0.25, -0.2) is 15.0 Å². The topological polar surface area (TPSA) is 102 Å². The summed E-state index contributed by atoms with van der Waals surface area (Å²) in [6.45, 7) is 3.33. The van der Waals surface area contributed by atoms with Crippen LogP contribution in [0, 0.1) is 6.92 Å². The van der Waals surface area contributed by atoms with Gasteiger partial charge in [0.15, 0.2) is 5.82 Å². The van der Waals surface area contributed by atoms with Crippen molar-refractivity contribution in [2.75, 3.05) is 25.6 Å². The maximum Gasteiger partial charge on any atom is 0.251 e. The molecule has 1 aliphatic heterocycles. The Labute approximate surface area is 210 Å². The summed E-state index contributed by atoms with van der Waals surface area (Å²) >= 11 is 0. The molecule has 1 fully saturated rings. The van der Waals surface area contributed by atoms with Gasteiger partial charge >= 0.3 is 0 Å². The van der Waals surface area contributed by atoms with Gasteiger partial charge in [0.25, 0.3) is 5.91 Å². The molecular formula is C28H28N6O2.